The smallest absolute Gasteiger partial charge is 0.317 e. The van der Waals surface area contributed by atoms with Gasteiger partial charge in [-0.15, -0.1) is 11.3 Å². The number of carbonyl (C=O) groups is 1. The van der Waals surface area contributed by atoms with Gasteiger partial charge in [-0.05, 0) is 44.7 Å². The molecule has 1 aromatic rings. The molecule has 1 unspecified atom stereocenters. The Balaban J connectivity index is 1.76. The van der Waals surface area contributed by atoms with Crippen molar-refractivity contribution < 1.29 is 9.90 Å². The van der Waals surface area contributed by atoms with Crippen molar-refractivity contribution >= 4 is 17.3 Å². The van der Waals surface area contributed by atoms with Gasteiger partial charge in [0.05, 0.1) is 17.2 Å². The summed E-state index contributed by atoms with van der Waals surface area (Å²) in [5, 5.41) is 15.1. The number of piperidine rings is 1. The first-order chi connectivity index (χ1) is 10.2. The summed E-state index contributed by atoms with van der Waals surface area (Å²) in [4.78, 5) is 17.7. The number of hydrogen-bond donors (Lipinski definition) is 2. The predicted octanol–water partition coefficient (Wildman–Crippen LogP) is 1.98. The molecule has 0 bridgehead atoms. The average Bonchev–Trinajstić information content (AvgIpc) is 2.86. The number of carboxylic acid groups (broad SMARTS) is 1. The van der Waals surface area contributed by atoms with E-state index in [0.717, 1.165) is 39.0 Å². The van der Waals surface area contributed by atoms with E-state index in [1.807, 2.05) is 0 Å². The van der Waals surface area contributed by atoms with Crippen molar-refractivity contribution in [3.05, 3.63) is 16.1 Å². The molecule has 1 atom stereocenters. The molecule has 0 aromatic carbocycles. The van der Waals surface area contributed by atoms with Gasteiger partial charge in [-0.1, -0.05) is 6.92 Å². The third kappa shape index (κ3) is 5.73. The summed E-state index contributed by atoms with van der Waals surface area (Å²) in [5.41, 5.74) is 1.18. The van der Waals surface area contributed by atoms with Gasteiger partial charge >= 0.3 is 5.97 Å². The number of carboxylic acids is 1. The number of nitrogens with zero attached hydrogens (tertiary/aromatic N) is 2. The van der Waals surface area contributed by atoms with Gasteiger partial charge in [0.15, 0.2) is 0 Å². The number of aromatic nitrogens is 1. The molecule has 1 aromatic heterocycles. The van der Waals surface area contributed by atoms with Crippen molar-refractivity contribution in [2.75, 3.05) is 26.2 Å². The minimum Gasteiger partial charge on any atom is -0.480 e. The molecular weight excluding hydrogens is 286 g/mol. The summed E-state index contributed by atoms with van der Waals surface area (Å²) in [7, 11) is 0. The number of aliphatic carboxylic acids is 1. The predicted molar refractivity (Wildman–Crippen MR) is 84.6 cm³/mol. The van der Waals surface area contributed by atoms with Crippen LogP contribution in [-0.2, 0) is 17.8 Å². The van der Waals surface area contributed by atoms with Gasteiger partial charge in [0.25, 0.3) is 0 Å². The Morgan fingerprint density at radius 2 is 2.48 bits per heavy atom. The van der Waals surface area contributed by atoms with Crippen LogP contribution in [0.2, 0.25) is 0 Å². The van der Waals surface area contributed by atoms with E-state index in [-0.39, 0.29) is 6.54 Å². The Kier molecular flexibility index (Phi) is 6.60. The third-order valence-electron chi connectivity index (χ3n) is 3.76. The lowest BCUT2D eigenvalue weighted by Gasteiger charge is -2.32. The molecule has 0 saturated carbocycles. The molecule has 0 radical (unpaired) electrons. The van der Waals surface area contributed by atoms with Crippen LogP contribution in [0.4, 0.5) is 0 Å². The van der Waals surface area contributed by atoms with Crippen molar-refractivity contribution in [3.63, 3.8) is 0 Å². The highest BCUT2D eigenvalue weighted by Crippen LogP contribution is 2.19. The van der Waals surface area contributed by atoms with E-state index in [1.165, 1.54) is 23.5 Å². The SMILES string of the molecule is CCCc1nc(CN2CCCC(CNCC(=O)O)C2)cs1. The quantitative estimate of drug-likeness (QED) is 0.768. The van der Waals surface area contributed by atoms with Gasteiger partial charge < -0.3 is 10.4 Å². The number of likely N-dealkylation sites (tertiary alicyclic amines) is 1. The number of rotatable bonds is 8. The molecule has 2 heterocycles. The molecule has 1 fully saturated rings. The molecule has 1 aliphatic rings. The molecule has 1 aliphatic heterocycles. The van der Waals surface area contributed by atoms with Gasteiger partial charge in [-0.25, -0.2) is 4.98 Å². The molecule has 2 N–H and O–H groups in total. The molecule has 6 heteroatoms. The van der Waals surface area contributed by atoms with E-state index in [0.29, 0.717) is 5.92 Å². The largest absolute Gasteiger partial charge is 0.480 e. The van der Waals surface area contributed by atoms with Gasteiger partial charge in [-0.3, -0.25) is 9.69 Å². The van der Waals surface area contributed by atoms with Crippen LogP contribution in [0.1, 0.15) is 36.9 Å². The molecule has 0 aliphatic carbocycles. The average molecular weight is 311 g/mol. The van der Waals surface area contributed by atoms with Gasteiger partial charge in [0.1, 0.15) is 0 Å². The normalized spacial score (nSPS) is 19.8. The Hall–Kier alpha value is -0.980. The van der Waals surface area contributed by atoms with E-state index in [4.69, 9.17) is 5.11 Å². The minimum atomic E-state index is -0.784. The molecular formula is C15H25N3O2S. The van der Waals surface area contributed by atoms with Crippen LogP contribution in [0, 0.1) is 5.92 Å². The summed E-state index contributed by atoms with van der Waals surface area (Å²) < 4.78 is 0. The van der Waals surface area contributed by atoms with Crippen LogP contribution in [-0.4, -0.2) is 47.1 Å². The van der Waals surface area contributed by atoms with E-state index < -0.39 is 5.97 Å². The summed E-state index contributed by atoms with van der Waals surface area (Å²) in [6.45, 7) is 6.11. The fraction of sp³-hybridized carbons (Fsp3) is 0.733. The molecule has 118 valence electrons. The maximum Gasteiger partial charge on any atom is 0.317 e. The monoisotopic (exact) mass is 311 g/mol. The number of aryl methyl sites for hydroxylation is 1. The van der Waals surface area contributed by atoms with E-state index in [9.17, 15) is 4.79 Å². The highest BCUT2D eigenvalue weighted by molar-refractivity contribution is 7.09. The Bertz CT molecular complexity index is 450. The molecule has 0 spiro atoms. The highest BCUT2D eigenvalue weighted by atomic mass is 32.1. The standard InChI is InChI=1S/C15H25N3O2S/c1-2-4-14-17-13(11-21-14)10-18-6-3-5-12(9-18)7-16-8-15(19)20/h11-12,16H,2-10H2,1H3,(H,19,20). The molecule has 5 nitrogen and oxygen atoms in total. The van der Waals surface area contributed by atoms with Gasteiger partial charge in [0.2, 0.25) is 0 Å². The lowest BCUT2D eigenvalue weighted by Crippen LogP contribution is -2.40. The molecule has 1 saturated heterocycles. The summed E-state index contributed by atoms with van der Waals surface area (Å²) >= 11 is 1.77. The fourth-order valence-electron chi connectivity index (χ4n) is 2.82. The van der Waals surface area contributed by atoms with Crippen molar-refractivity contribution in [2.45, 2.75) is 39.2 Å². The van der Waals surface area contributed by atoms with E-state index >= 15 is 0 Å². The van der Waals surface area contributed by atoms with Crippen molar-refractivity contribution in [1.29, 1.82) is 0 Å². The minimum absolute atomic E-state index is 0.0585. The highest BCUT2D eigenvalue weighted by Gasteiger charge is 2.20. The lowest BCUT2D eigenvalue weighted by atomic mass is 9.98. The van der Waals surface area contributed by atoms with Crippen LogP contribution in [0.5, 0.6) is 0 Å². The molecule has 2 rings (SSSR count). The van der Waals surface area contributed by atoms with Gasteiger partial charge in [0, 0.05) is 18.5 Å². The maximum atomic E-state index is 10.5. The van der Waals surface area contributed by atoms with Crippen LogP contribution < -0.4 is 5.32 Å². The van der Waals surface area contributed by atoms with E-state index in [1.54, 1.807) is 11.3 Å². The first kappa shape index (κ1) is 16.4. The van der Waals surface area contributed by atoms with Crippen LogP contribution >= 0.6 is 11.3 Å². The maximum absolute atomic E-state index is 10.5. The van der Waals surface area contributed by atoms with Crippen LogP contribution in [0.15, 0.2) is 5.38 Å². The topological polar surface area (TPSA) is 65.5 Å². The molecule has 0 amide bonds. The molecule has 21 heavy (non-hydrogen) atoms. The summed E-state index contributed by atoms with van der Waals surface area (Å²) in [6, 6.07) is 0. The zero-order valence-corrected chi connectivity index (χ0v) is 13.5. The van der Waals surface area contributed by atoms with Gasteiger partial charge in [-0.2, -0.15) is 0 Å². The van der Waals surface area contributed by atoms with Crippen LogP contribution in [0.3, 0.4) is 0 Å². The number of hydrogen-bond acceptors (Lipinski definition) is 5. The zero-order valence-electron chi connectivity index (χ0n) is 12.7. The summed E-state index contributed by atoms with van der Waals surface area (Å²) in [6.07, 6.45) is 4.59. The second kappa shape index (κ2) is 8.46. The van der Waals surface area contributed by atoms with Crippen molar-refractivity contribution in [2.24, 2.45) is 5.92 Å². The Morgan fingerprint density at radius 1 is 1.62 bits per heavy atom. The number of nitrogens with one attached hydrogen (secondary N) is 1. The van der Waals surface area contributed by atoms with Crippen molar-refractivity contribution in [3.8, 4) is 0 Å². The fourth-order valence-corrected chi connectivity index (χ4v) is 3.72. The van der Waals surface area contributed by atoms with E-state index in [2.05, 4.69) is 27.5 Å². The first-order valence-corrected chi connectivity index (χ1v) is 8.63. The second-order valence-corrected chi connectivity index (χ2v) is 6.69. The zero-order chi connectivity index (χ0) is 15.1. The Morgan fingerprint density at radius 3 is 3.24 bits per heavy atom. The Labute approximate surface area is 130 Å². The lowest BCUT2D eigenvalue weighted by molar-refractivity contribution is -0.136. The second-order valence-electron chi connectivity index (χ2n) is 5.75. The number of thiazole rings is 1. The van der Waals surface area contributed by atoms with Crippen molar-refractivity contribution in [1.82, 2.24) is 15.2 Å². The first-order valence-electron chi connectivity index (χ1n) is 7.75. The van der Waals surface area contributed by atoms with Crippen LogP contribution in [0.25, 0.3) is 0 Å². The summed E-state index contributed by atoms with van der Waals surface area (Å²) in [5.74, 6) is -0.236. The third-order valence-corrected chi connectivity index (χ3v) is 4.72.